The van der Waals surface area contributed by atoms with Crippen LogP contribution >= 0.6 is 0 Å². The SMILES string of the molecule is NCCCCC(N)C(=O)NC(CO)C(=O)NC(Cc1c[nH]c2ccccc12)C(=O)NC(CCC(=O)O)C(=O)O. The van der Waals surface area contributed by atoms with E-state index in [-0.39, 0.29) is 12.8 Å². The number of carbonyl (C=O) groups is 5. The van der Waals surface area contributed by atoms with E-state index in [1.807, 2.05) is 12.1 Å². The number of rotatable bonds is 17. The number of carboxylic acids is 2. The zero-order valence-corrected chi connectivity index (χ0v) is 21.4. The maximum Gasteiger partial charge on any atom is 0.326 e. The largest absolute Gasteiger partial charge is 0.481 e. The Morgan fingerprint density at radius 3 is 2.15 bits per heavy atom. The van der Waals surface area contributed by atoms with Gasteiger partial charge in [-0.2, -0.15) is 0 Å². The molecular weight excluding hydrogens is 512 g/mol. The minimum absolute atomic E-state index is 0.0719. The van der Waals surface area contributed by atoms with Gasteiger partial charge < -0.3 is 47.7 Å². The summed E-state index contributed by atoms with van der Waals surface area (Å²) in [5, 5.41) is 36.0. The lowest BCUT2D eigenvalue weighted by molar-refractivity contribution is -0.143. The normalized spacial score (nSPS) is 14.1. The van der Waals surface area contributed by atoms with Crippen LogP contribution in [0.25, 0.3) is 10.9 Å². The van der Waals surface area contributed by atoms with E-state index in [1.165, 1.54) is 0 Å². The summed E-state index contributed by atoms with van der Waals surface area (Å²) < 4.78 is 0. The maximum atomic E-state index is 13.2. The Morgan fingerprint density at radius 1 is 0.872 bits per heavy atom. The van der Waals surface area contributed by atoms with Crippen LogP contribution < -0.4 is 27.4 Å². The average molecular weight is 549 g/mol. The van der Waals surface area contributed by atoms with E-state index in [4.69, 9.17) is 16.6 Å². The first-order valence-electron chi connectivity index (χ1n) is 12.5. The van der Waals surface area contributed by atoms with Gasteiger partial charge in [0.25, 0.3) is 0 Å². The number of hydrogen-bond acceptors (Lipinski definition) is 8. The molecule has 14 nitrogen and oxygen atoms in total. The van der Waals surface area contributed by atoms with Crippen LogP contribution in [0.1, 0.15) is 37.7 Å². The van der Waals surface area contributed by atoms with Crippen LogP contribution in [0.3, 0.4) is 0 Å². The first-order chi connectivity index (χ1) is 18.6. The number of carboxylic acid groups (broad SMARTS) is 2. The number of hydrogen-bond donors (Lipinski definition) is 9. The number of H-pyrrole nitrogens is 1. The van der Waals surface area contributed by atoms with Crippen LogP contribution in [0, 0.1) is 0 Å². The molecule has 0 aliphatic heterocycles. The summed E-state index contributed by atoms with van der Waals surface area (Å²) in [6.45, 7) is -0.347. The molecule has 1 aromatic carbocycles. The summed E-state index contributed by atoms with van der Waals surface area (Å²) >= 11 is 0. The first kappa shape index (κ1) is 31.2. The second kappa shape index (κ2) is 15.4. The summed E-state index contributed by atoms with van der Waals surface area (Å²) in [4.78, 5) is 64.2. The number of fused-ring (bicyclic) bond motifs is 1. The molecule has 0 aliphatic carbocycles. The van der Waals surface area contributed by atoms with Crippen molar-refractivity contribution in [1.29, 1.82) is 0 Å². The Labute approximate surface area is 224 Å². The molecule has 1 aromatic heterocycles. The third-order valence-electron chi connectivity index (χ3n) is 6.11. The third kappa shape index (κ3) is 9.67. The summed E-state index contributed by atoms with van der Waals surface area (Å²) in [6, 6.07) is 1.99. The Morgan fingerprint density at radius 2 is 1.51 bits per heavy atom. The van der Waals surface area contributed by atoms with Gasteiger partial charge in [-0.25, -0.2) is 4.79 Å². The van der Waals surface area contributed by atoms with Crippen molar-refractivity contribution < 1.29 is 39.3 Å². The molecule has 4 atom stereocenters. The fourth-order valence-electron chi connectivity index (χ4n) is 3.91. The van der Waals surface area contributed by atoms with E-state index in [0.29, 0.717) is 31.4 Å². The highest BCUT2D eigenvalue weighted by atomic mass is 16.4. The highest BCUT2D eigenvalue weighted by Gasteiger charge is 2.31. The van der Waals surface area contributed by atoms with Crippen LogP contribution in [-0.4, -0.2) is 87.3 Å². The number of aliphatic hydroxyl groups excluding tert-OH is 1. The van der Waals surface area contributed by atoms with Crippen LogP contribution in [-0.2, 0) is 30.4 Å². The number of para-hydroxylation sites is 1. The molecule has 0 bridgehead atoms. The molecule has 0 spiro atoms. The molecule has 2 aromatic rings. The zero-order valence-electron chi connectivity index (χ0n) is 21.4. The summed E-state index contributed by atoms with van der Waals surface area (Å²) in [7, 11) is 0. The Bertz CT molecular complexity index is 1150. The third-order valence-corrected chi connectivity index (χ3v) is 6.11. The monoisotopic (exact) mass is 548 g/mol. The summed E-state index contributed by atoms with van der Waals surface area (Å²) in [5.41, 5.74) is 12.7. The minimum atomic E-state index is -1.52. The summed E-state index contributed by atoms with van der Waals surface area (Å²) in [5.74, 6) is -5.11. The molecule has 0 fully saturated rings. The highest BCUT2D eigenvalue weighted by molar-refractivity contribution is 5.95. The van der Waals surface area contributed by atoms with Crippen molar-refractivity contribution in [2.75, 3.05) is 13.2 Å². The van der Waals surface area contributed by atoms with Gasteiger partial charge >= 0.3 is 11.9 Å². The molecule has 39 heavy (non-hydrogen) atoms. The molecular formula is C25H36N6O8. The number of benzene rings is 1. The second-order valence-electron chi connectivity index (χ2n) is 9.09. The van der Waals surface area contributed by atoms with Gasteiger partial charge in [-0.3, -0.25) is 19.2 Å². The van der Waals surface area contributed by atoms with Crippen LogP contribution in [0.15, 0.2) is 30.5 Å². The van der Waals surface area contributed by atoms with Gasteiger partial charge in [0.1, 0.15) is 18.1 Å². The van der Waals surface area contributed by atoms with E-state index in [0.717, 1.165) is 10.9 Å². The standard InChI is InChI=1S/C25H36N6O8/c26-10-4-3-6-16(27)22(35)31-20(13-32)24(37)30-19(11-14-12-28-17-7-2-1-5-15(14)17)23(36)29-18(25(38)39)8-9-21(33)34/h1-2,5,7,12,16,18-20,28,32H,3-4,6,8-11,13,26-27H2,(H,29,36)(H,30,37)(H,31,35)(H,33,34)(H,38,39). The summed E-state index contributed by atoms with van der Waals surface area (Å²) in [6.07, 6.45) is 2.28. The fourth-order valence-corrected chi connectivity index (χ4v) is 3.91. The molecule has 2 rings (SSSR count). The van der Waals surface area contributed by atoms with Gasteiger partial charge in [-0.1, -0.05) is 24.6 Å². The Kier molecular flexibility index (Phi) is 12.3. The van der Waals surface area contributed by atoms with E-state index in [9.17, 15) is 34.2 Å². The Balaban J connectivity index is 2.21. The minimum Gasteiger partial charge on any atom is -0.481 e. The Hall–Kier alpha value is -4.01. The number of amides is 3. The number of nitrogens with one attached hydrogen (secondary N) is 4. The molecule has 0 saturated carbocycles. The molecule has 0 saturated heterocycles. The van der Waals surface area contributed by atoms with E-state index in [2.05, 4.69) is 20.9 Å². The van der Waals surface area contributed by atoms with Gasteiger partial charge in [0.05, 0.1) is 12.6 Å². The predicted octanol–water partition coefficient (Wildman–Crippen LogP) is -1.44. The molecule has 11 N–H and O–H groups in total. The van der Waals surface area contributed by atoms with Crippen LogP contribution in [0.5, 0.6) is 0 Å². The van der Waals surface area contributed by atoms with Crippen molar-refractivity contribution in [2.24, 2.45) is 11.5 Å². The van der Waals surface area contributed by atoms with Gasteiger partial charge in [0, 0.05) is 29.9 Å². The van der Waals surface area contributed by atoms with Crippen LogP contribution in [0.4, 0.5) is 0 Å². The lowest BCUT2D eigenvalue weighted by Gasteiger charge is -2.24. The van der Waals surface area contributed by atoms with Gasteiger partial charge in [0.15, 0.2) is 0 Å². The fraction of sp³-hybridized carbons (Fsp3) is 0.480. The topological polar surface area (TPSA) is 250 Å². The first-order valence-corrected chi connectivity index (χ1v) is 12.5. The molecule has 0 radical (unpaired) electrons. The number of unbranched alkanes of at least 4 members (excludes halogenated alkanes) is 1. The molecule has 214 valence electrons. The molecule has 0 aliphatic rings. The van der Waals surface area contributed by atoms with Crippen molar-refractivity contribution in [3.63, 3.8) is 0 Å². The number of aromatic nitrogens is 1. The van der Waals surface area contributed by atoms with Crippen molar-refractivity contribution >= 4 is 40.6 Å². The highest BCUT2D eigenvalue weighted by Crippen LogP contribution is 2.19. The lowest BCUT2D eigenvalue weighted by Crippen LogP contribution is -2.58. The van der Waals surface area contributed by atoms with Crippen molar-refractivity contribution in [1.82, 2.24) is 20.9 Å². The van der Waals surface area contributed by atoms with E-state index >= 15 is 0 Å². The lowest BCUT2D eigenvalue weighted by atomic mass is 10.0. The molecule has 4 unspecified atom stereocenters. The van der Waals surface area contributed by atoms with Gasteiger partial charge in [0.2, 0.25) is 17.7 Å². The predicted molar refractivity (Wildman–Crippen MR) is 140 cm³/mol. The number of aliphatic carboxylic acids is 2. The molecule has 1 heterocycles. The van der Waals surface area contributed by atoms with E-state index in [1.54, 1.807) is 18.3 Å². The smallest absolute Gasteiger partial charge is 0.326 e. The van der Waals surface area contributed by atoms with Crippen molar-refractivity contribution in [3.8, 4) is 0 Å². The molecule has 14 heteroatoms. The van der Waals surface area contributed by atoms with E-state index < -0.39 is 66.9 Å². The van der Waals surface area contributed by atoms with Crippen molar-refractivity contribution in [2.45, 2.75) is 62.7 Å². The van der Waals surface area contributed by atoms with Gasteiger partial charge in [-0.05, 0) is 37.4 Å². The average Bonchev–Trinajstić information content (AvgIpc) is 3.31. The second-order valence-corrected chi connectivity index (χ2v) is 9.09. The maximum absolute atomic E-state index is 13.2. The number of nitrogens with two attached hydrogens (primary N) is 2. The van der Waals surface area contributed by atoms with Gasteiger partial charge in [-0.15, -0.1) is 0 Å². The van der Waals surface area contributed by atoms with Crippen molar-refractivity contribution in [3.05, 3.63) is 36.0 Å². The number of aromatic amines is 1. The molecule has 3 amide bonds. The quantitative estimate of drug-likeness (QED) is 0.104. The number of aliphatic hydroxyl groups is 1. The van der Waals surface area contributed by atoms with Crippen LogP contribution in [0.2, 0.25) is 0 Å². The number of carbonyl (C=O) groups excluding carboxylic acids is 3. The zero-order chi connectivity index (χ0) is 28.9.